The lowest BCUT2D eigenvalue weighted by Gasteiger charge is -2.10. The summed E-state index contributed by atoms with van der Waals surface area (Å²) in [6, 6.07) is 12.9. The maximum absolute atomic E-state index is 13.2. The van der Waals surface area contributed by atoms with Crippen molar-refractivity contribution in [2.45, 2.75) is 37.6 Å². The highest BCUT2D eigenvalue weighted by Crippen LogP contribution is 2.33. The van der Waals surface area contributed by atoms with Crippen LogP contribution in [-0.2, 0) is 17.5 Å². The molecule has 0 aliphatic carbocycles. The van der Waals surface area contributed by atoms with Gasteiger partial charge in [-0.3, -0.25) is 10.1 Å². The molecule has 33 heavy (non-hydrogen) atoms. The van der Waals surface area contributed by atoms with Crippen LogP contribution in [0.5, 0.6) is 0 Å². The van der Waals surface area contributed by atoms with Crippen LogP contribution in [-0.4, -0.2) is 31.4 Å². The summed E-state index contributed by atoms with van der Waals surface area (Å²) >= 11 is 1.11. The van der Waals surface area contributed by atoms with Gasteiger partial charge in [-0.2, -0.15) is 13.2 Å². The molecule has 1 amide bonds. The molecule has 0 bridgehead atoms. The average Bonchev–Trinajstić information content (AvgIpc) is 3.37. The molecule has 11 heteroatoms. The Hall–Kier alpha value is -3.34. The van der Waals surface area contributed by atoms with Crippen LogP contribution in [0.1, 0.15) is 36.8 Å². The summed E-state index contributed by atoms with van der Waals surface area (Å²) in [4.78, 5) is 16.8. The van der Waals surface area contributed by atoms with E-state index in [1.54, 1.807) is 4.57 Å². The molecule has 0 aliphatic heterocycles. The number of alkyl halides is 3. The van der Waals surface area contributed by atoms with E-state index in [4.69, 9.17) is 4.42 Å². The van der Waals surface area contributed by atoms with Gasteiger partial charge in [0.25, 0.3) is 0 Å². The van der Waals surface area contributed by atoms with Crippen molar-refractivity contribution < 1.29 is 22.4 Å². The van der Waals surface area contributed by atoms with Gasteiger partial charge in [-0.05, 0) is 23.8 Å². The molecule has 0 spiro atoms. The Morgan fingerprint density at radius 3 is 2.58 bits per heavy atom. The molecule has 0 unspecified atom stereocenters. The summed E-state index contributed by atoms with van der Waals surface area (Å²) < 4.78 is 46.7. The molecule has 4 rings (SSSR count). The number of imidazole rings is 1. The van der Waals surface area contributed by atoms with Crippen LogP contribution in [0.25, 0.3) is 11.0 Å². The molecular weight excluding hydrogens is 455 g/mol. The monoisotopic (exact) mass is 475 g/mol. The standard InChI is InChI=1S/C22H20F3N5O2S/c1-13(2)19-28-29-20(32-19)27-18(31)12-33-21-26-16-10-15(22(23,24)25)8-9-17(16)30(21)11-14-6-4-3-5-7-14/h3-10,13H,11-12H2,1-2H3,(H,27,29,31). The molecule has 4 aromatic rings. The molecule has 172 valence electrons. The van der Waals surface area contributed by atoms with Gasteiger partial charge in [0.15, 0.2) is 5.16 Å². The molecule has 0 saturated carbocycles. The van der Waals surface area contributed by atoms with Crippen LogP contribution in [0.3, 0.4) is 0 Å². The Balaban J connectivity index is 1.57. The molecule has 2 aromatic carbocycles. The van der Waals surface area contributed by atoms with Crippen LogP contribution in [0.4, 0.5) is 19.2 Å². The lowest BCUT2D eigenvalue weighted by Crippen LogP contribution is -2.15. The second-order valence-corrected chi connectivity index (χ2v) is 8.55. The number of aromatic nitrogens is 4. The van der Waals surface area contributed by atoms with Crippen molar-refractivity contribution in [3.05, 3.63) is 65.5 Å². The molecule has 0 atom stereocenters. The molecule has 0 saturated heterocycles. The lowest BCUT2D eigenvalue weighted by atomic mass is 10.2. The molecule has 0 fully saturated rings. The second kappa shape index (κ2) is 9.26. The third-order valence-corrected chi connectivity index (χ3v) is 5.71. The number of anilines is 1. The largest absolute Gasteiger partial charge is 0.416 e. The summed E-state index contributed by atoms with van der Waals surface area (Å²) in [5, 5.41) is 10.6. The van der Waals surface area contributed by atoms with Crippen LogP contribution < -0.4 is 5.32 Å². The zero-order chi connectivity index (χ0) is 23.6. The third-order valence-electron chi connectivity index (χ3n) is 4.74. The van der Waals surface area contributed by atoms with Crippen molar-refractivity contribution >= 4 is 34.7 Å². The number of thioether (sulfide) groups is 1. The zero-order valence-corrected chi connectivity index (χ0v) is 18.6. The minimum absolute atomic E-state index is 0.00286. The van der Waals surface area contributed by atoms with Gasteiger partial charge >= 0.3 is 12.2 Å². The first-order valence-corrected chi connectivity index (χ1v) is 11.1. The Bertz CT molecular complexity index is 1270. The topological polar surface area (TPSA) is 85.8 Å². The first-order chi connectivity index (χ1) is 15.7. The van der Waals surface area contributed by atoms with Crippen LogP contribution in [0.15, 0.2) is 58.1 Å². The van der Waals surface area contributed by atoms with E-state index < -0.39 is 17.6 Å². The van der Waals surface area contributed by atoms with Crippen LogP contribution in [0, 0.1) is 0 Å². The van der Waals surface area contributed by atoms with Gasteiger partial charge in [-0.15, -0.1) is 5.10 Å². The van der Waals surface area contributed by atoms with E-state index in [1.807, 2.05) is 44.2 Å². The van der Waals surface area contributed by atoms with Crippen molar-refractivity contribution in [3.8, 4) is 0 Å². The Kier molecular flexibility index (Phi) is 6.41. The summed E-state index contributed by atoms with van der Waals surface area (Å²) in [6.45, 7) is 4.17. The van der Waals surface area contributed by atoms with Gasteiger partial charge in [0.2, 0.25) is 11.8 Å². The number of fused-ring (bicyclic) bond motifs is 1. The number of benzene rings is 2. The molecule has 1 N–H and O–H groups in total. The van der Waals surface area contributed by atoms with Gasteiger partial charge in [-0.25, -0.2) is 4.98 Å². The second-order valence-electron chi connectivity index (χ2n) is 7.60. The highest BCUT2D eigenvalue weighted by molar-refractivity contribution is 7.99. The molecule has 0 radical (unpaired) electrons. The number of nitrogens with one attached hydrogen (secondary N) is 1. The SMILES string of the molecule is CC(C)c1nnc(NC(=O)CSc2nc3cc(C(F)(F)F)ccc3n2Cc2ccccc2)o1. The normalized spacial score (nSPS) is 11.9. The number of hydrogen-bond donors (Lipinski definition) is 1. The smallest absolute Gasteiger partial charge is 0.408 e. The highest BCUT2D eigenvalue weighted by Gasteiger charge is 2.31. The fraction of sp³-hybridized carbons (Fsp3) is 0.273. The number of amides is 1. The van der Waals surface area contributed by atoms with E-state index in [-0.39, 0.29) is 23.2 Å². The van der Waals surface area contributed by atoms with Crippen molar-refractivity contribution in [2.24, 2.45) is 0 Å². The molecule has 2 aromatic heterocycles. The number of carbonyl (C=O) groups excluding carboxylic acids is 1. The molecular formula is C22H20F3N5O2S. The van der Waals surface area contributed by atoms with Gasteiger partial charge < -0.3 is 8.98 Å². The van der Waals surface area contributed by atoms with Crippen molar-refractivity contribution in [1.29, 1.82) is 0 Å². The van der Waals surface area contributed by atoms with Gasteiger partial charge in [0, 0.05) is 5.92 Å². The predicted molar refractivity (Wildman–Crippen MR) is 118 cm³/mol. The maximum atomic E-state index is 13.2. The lowest BCUT2D eigenvalue weighted by molar-refractivity contribution is -0.137. The average molecular weight is 475 g/mol. The summed E-state index contributed by atoms with van der Waals surface area (Å²) in [7, 11) is 0. The van der Waals surface area contributed by atoms with Crippen molar-refractivity contribution in [1.82, 2.24) is 19.7 Å². The fourth-order valence-electron chi connectivity index (χ4n) is 3.12. The Morgan fingerprint density at radius 2 is 1.91 bits per heavy atom. The minimum Gasteiger partial charge on any atom is -0.408 e. The van der Waals surface area contributed by atoms with Crippen molar-refractivity contribution in [2.75, 3.05) is 11.1 Å². The highest BCUT2D eigenvalue weighted by atomic mass is 32.2. The number of halogens is 3. The van der Waals surface area contributed by atoms with E-state index in [2.05, 4.69) is 20.5 Å². The van der Waals surface area contributed by atoms with Crippen LogP contribution >= 0.6 is 11.8 Å². The van der Waals surface area contributed by atoms with E-state index in [9.17, 15) is 18.0 Å². The molecule has 7 nitrogen and oxygen atoms in total. The zero-order valence-electron chi connectivity index (χ0n) is 17.8. The first-order valence-electron chi connectivity index (χ1n) is 10.1. The van der Waals surface area contributed by atoms with E-state index in [1.165, 1.54) is 6.07 Å². The van der Waals surface area contributed by atoms with Crippen LogP contribution in [0.2, 0.25) is 0 Å². The Labute approximate surface area is 191 Å². The number of hydrogen-bond acceptors (Lipinski definition) is 6. The van der Waals surface area contributed by atoms with Gasteiger partial charge in [0.05, 0.1) is 28.9 Å². The quantitative estimate of drug-likeness (QED) is 0.363. The fourth-order valence-corrected chi connectivity index (χ4v) is 3.93. The summed E-state index contributed by atoms with van der Waals surface area (Å²) in [5.74, 6) is -0.00256. The summed E-state index contributed by atoms with van der Waals surface area (Å²) in [6.07, 6.45) is -4.47. The maximum Gasteiger partial charge on any atom is 0.416 e. The predicted octanol–water partition coefficient (Wildman–Crippen LogP) is 5.34. The summed E-state index contributed by atoms with van der Waals surface area (Å²) in [5.41, 5.74) is 0.941. The minimum atomic E-state index is -4.47. The number of carbonyl (C=O) groups is 1. The number of nitrogens with zero attached hydrogens (tertiary/aromatic N) is 4. The van der Waals surface area contributed by atoms with E-state index in [0.717, 1.165) is 29.5 Å². The van der Waals surface area contributed by atoms with Gasteiger partial charge in [-0.1, -0.05) is 61.0 Å². The molecule has 2 heterocycles. The third kappa shape index (κ3) is 5.36. The number of rotatable bonds is 7. The van der Waals surface area contributed by atoms with Crippen molar-refractivity contribution in [3.63, 3.8) is 0 Å². The molecule has 0 aliphatic rings. The Morgan fingerprint density at radius 1 is 1.15 bits per heavy atom. The van der Waals surface area contributed by atoms with E-state index in [0.29, 0.717) is 23.1 Å². The van der Waals surface area contributed by atoms with E-state index >= 15 is 0 Å². The van der Waals surface area contributed by atoms with Gasteiger partial charge in [0.1, 0.15) is 0 Å². The first kappa shape index (κ1) is 22.8.